The summed E-state index contributed by atoms with van der Waals surface area (Å²) in [5.41, 5.74) is -1.25. The maximum Gasteiger partial charge on any atom is 0.326 e. The second-order valence-electron chi connectivity index (χ2n) is 13.5. The van der Waals surface area contributed by atoms with Gasteiger partial charge >= 0.3 is 23.9 Å². The summed E-state index contributed by atoms with van der Waals surface area (Å²) in [5, 5.41) is 54.8. The lowest BCUT2D eigenvalue weighted by molar-refractivity contribution is -0.207. The van der Waals surface area contributed by atoms with Crippen LogP contribution in [0.25, 0.3) is 0 Å². The number of aliphatic carboxylic acids is 2. The van der Waals surface area contributed by atoms with Crippen LogP contribution in [0.15, 0.2) is 54.3 Å². The van der Waals surface area contributed by atoms with E-state index >= 15 is 0 Å². The Morgan fingerprint density at radius 1 is 0.962 bits per heavy atom. The molecule has 2 aliphatic carbocycles. The van der Waals surface area contributed by atoms with Gasteiger partial charge in [-0.1, -0.05) is 45.6 Å². The highest BCUT2D eigenvalue weighted by molar-refractivity contribution is 7.19. The predicted molar refractivity (Wildman–Crippen MR) is 182 cm³/mol. The summed E-state index contributed by atoms with van der Waals surface area (Å²) in [5.74, 6) is -9.08. The highest BCUT2D eigenvalue weighted by Gasteiger charge is 2.74. The Bertz CT molecular complexity index is 1890. The lowest BCUT2D eigenvalue weighted by Crippen LogP contribution is -2.75. The van der Waals surface area contributed by atoms with Crippen molar-refractivity contribution in [3.63, 3.8) is 0 Å². The monoisotopic (exact) mass is 755 g/mol. The SMILES string of the molecule is CN1CCC23c4c5ccc(O)c4OC2C(OC(=O)C[C@H](NC(=O)[C@@H](O)c2ccccc2)C(=O)O)=CC[C@@]3(OC(=O)C[C@H](NC(=O)C(O)P)C(=O)O)[C@H]1C5. The van der Waals surface area contributed by atoms with Crippen LogP contribution in [-0.4, -0.2) is 115 Å². The third kappa shape index (κ3) is 6.58. The van der Waals surface area contributed by atoms with Gasteiger partial charge in [-0.2, -0.15) is 0 Å². The zero-order chi connectivity index (χ0) is 38.4. The normalized spacial score (nSPS) is 25.9. The first kappa shape index (κ1) is 37.7. The molecule has 282 valence electrons. The molecule has 9 atom stereocenters. The van der Waals surface area contributed by atoms with Crippen LogP contribution in [0.1, 0.15) is 48.5 Å². The van der Waals surface area contributed by atoms with Crippen molar-refractivity contribution in [2.24, 2.45) is 0 Å². The number of nitrogens with zero attached hydrogens (tertiary/aromatic N) is 1. The topological polar surface area (TPSA) is 259 Å². The van der Waals surface area contributed by atoms with Gasteiger partial charge in [0.1, 0.15) is 29.3 Å². The molecule has 2 aromatic rings. The number of amides is 2. The summed E-state index contributed by atoms with van der Waals surface area (Å²) < 4.78 is 18.4. The van der Waals surface area contributed by atoms with E-state index in [4.69, 9.17) is 14.2 Å². The maximum absolute atomic E-state index is 13.7. The number of hydrogen-bond acceptors (Lipinski definition) is 13. The molecular formula is C35H38N3O14P. The number of phenolic OH excluding ortho intramolecular Hbond substituents is 1. The molecule has 1 fully saturated rings. The van der Waals surface area contributed by atoms with Gasteiger partial charge < -0.3 is 50.4 Å². The van der Waals surface area contributed by atoms with E-state index in [-0.39, 0.29) is 35.7 Å². The largest absolute Gasteiger partial charge is 0.504 e. The Balaban J connectivity index is 1.30. The smallest absolute Gasteiger partial charge is 0.326 e. The molecule has 1 spiro atoms. The minimum atomic E-state index is -1.79. The van der Waals surface area contributed by atoms with Crippen LogP contribution in [0, 0.1) is 0 Å². The second-order valence-corrected chi connectivity index (χ2v) is 14.1. The molecule has 6 rings (SSSR count). The summed E-state index contributed by atoms with van der Waals surface area (Å²) in [6.07, 6.45) is -2.58. The number of nitrogens with one attached hydrogen (secondary N) is 2. The van der Waals surface area contributed by atoms with Gasteiger partial charge in [-0.3, -0.25) is 24.1 Å². The van der Waals surface area contributed by atoms with Crippen molar-refractivity contribution in [2.45, 2.75) is 79.3 Å². The second kappa shape index (κ2) is 14.4. The molecule has 2 bridgehead atoms. The molecule has 1 saturated heterocycles. The molecule has 18 heteroatoms. The number of benzene rings is 2. The molecule has 4 unspecified atom stereocenters. The third-order valence-corrected chi connectivity index (χ3v) is 10.7. The number of carbonyl (C=O) groups excluding carboxylic acids is 4. The summed E-state index contributed by atoms with van der Waals surface area (Å²) in [6, 6.07) is 6.92. The summed E-state index contributed by atoms with van der Waals surface area (Å²) >= 11 is 0. The number of piperidine rings is 1. The van der Waals surface area contributed by atoms with Crippen LogP contribution in [-0.2, 0) is 50.1 Å². The van der Waals surface area contributed by atoms with Crippen molar-refractivity contribution in [3.05, 3.63) is 71.0 Å². The van der Waals surface area contributed by atoms with Crippen LogP contribution in [0.4, 0.5) is 0 Å². The highest BCUT2D eigenvalue weighted by Crippen LogP contribution is 2.66. The number of aromatic hydroxyl groups is 1. The molecule has 7 N–H and O–H groups in total. The van der Waals surface area contributed by atoms with Gasteiger partial charge in [-0.25, -0.2) is 9.59 Å². The Kier molecular flexibility index (Phi) is 10.2. The fraction of sp³-hybridized carbons (Fsp3) is 0.429. The van der Waals surface area contributed by atoms with Gasteiger partial charge in [0, 0.05) is 12.0 Å². The number of ether oxygens (including phenoxy) is 3. The highest BCUT2D eigenvalue weighted by atomic mass is 31.0. The third-order valence-electron chi connectivity index (χ3n) is 10.4. The zero-order valence-electron chi connectivity index (χ0n) is 28.3. The molecule has 2 aromatic carbocycles. The molecule has 0 saturated carbocycles. The molecule has 0 radical (unpaired) electrons. The fourth-order valence-electron chi connectivity index (χ4n) is 8.05. The van der Waals surface area contributed by atoms with E-state index in [1.54, 1.807) is 24.3 Å². The number of aliphatic hydroxyl groups excluding tert-OH is 2. The molecule has 53 heavy (non-hydrogen) atoms. The maximum atomic E-state index is 13.7. The van der Waals surface area contributed by atoms with Crippen LogP contribution in [0.5, 0.6) is 11.5 Å². The first-order valence-electron chi connectivity index (χ1n) is 16.7. The van der Waals surface area contributed by atoms with Crippen molar-refractivity contribution in [1.82, 2.24) is 15.5 Å². The number of carboxylic acids is 2. The van der Waals surface area contributed by atoms with Crippen molar-refractivity contribution in [1.29, 1.82) is 0 Å². The first-order valence-corrected chi connectivity index (χ1v) is 17.3. The number of likely N-dealkylation sites (tertiary alicyclic amines) is 1. The Labute approximate surface area is 304 Å². The van der Waals surface area contributed by atoms with Gasteiger partial charge in [0.25, 0.3) is 11.8 Å². The minimum Gasteiger partial charge on any atom is -0.504 e. The minimum absolute atomic E-state index is 0.0571. The van der Waals surface area contributed by atoms with Gasteiger partial charge in [0.15, 0.2) is 23.7 Å². The number of aliphatic hydroxyl groups is 2. The van der Waals surface area contributed by atoms with Gasteiger partial charge in [-0.05, 0) is 49.7 Å². The predicted octanol–water partition coefficient (Wildman–Crippen LogP) is -0.390. The zero-order valence-corrected chi connectivity index (χ0v) is 29.4. The number of likely N-dealkylation sites (N-methyl/N-ethyl adjacent to an activating group) is 1. The Hall–Kier alpha value is -5.09. The van der Waals surface area contributed by atoms with E-state index in [2.05, 4.69) is 10.6 Å². The van der Waals surface area contributed by atoms with E-state index in [1.807, 2.05) is 21.2 Å². The number of carbonyl (C=O) groups is 6. The lowest BCUT2D eigenvalue weighted by atomic mass is 9.50. The van der Waals surface area contributed by atoms with Crippen LogP contribution in [0.3, 0.4) is 0 Å². The van der Waals surface area contributed by atoms with Crippen molar-refractivity contribution >= 4 is 44.9 Å². The molecule has 2 aliphatic heterocycles. The number of phenols is 1. The first-order chi connectivity index (χ1) is 25.1. The van der Waals surface area contributed by atoms with Crippen LogP contribution in [0.2, 0.25) is 0 Å². The van der Waals surface area contributed by atoms with E-state index in [0.717, 1.165) is 5.56 Å². The van der Waals surface area contributed by atoms with Crippen molar-refractivity contribution < 1.29 is 68.5 Å². The van der Waals surface area contributed by atoms with E-state index in [0.29, 0.717) is 18.5 Å². The lowest BCUT2D eigenvalue weighted by Gasteiger charge is -2.62. The van der Waals surface area contributed by atoms with Crippen molar-refractivity contribution in [3.8, 4) is 11.5 Å². The van der Waals surface area contributed by atoms with Gasteiger partial charge in [0.05, 0.1) is 24.3 Å². The number of carboxylic acid groups (broad SMARTS) is 2. The summed E-state index contributed by atoms with van der Waals surface area (Å²) in [4.78, 5) is 78.0. The molecule has 17 nitrogen and oxygen atoms in total. The summed E-state index contributed by atoms with van der Waals surface area (Å²) in [7, 11) is 3.64. The van der Waals surface area contributed by atoms with Crippen molar-refractivity contribution in [2.75, 3.05) is 13.6 Å². The number of esters is 2. The molecule has 0 aromatic heterocycles. The quantitative estimate of drug-likeness (QED) is 0.102. The average Bonchev–Trinajstić information content (AvgIpc) is 3.47. The average molecular weight is 756 g/mol. The van der Waals surface area contributed by atoms with Crippen LogP contribution >= 0.6 is 9.24 Å². The van der Waals surface area contributed by atoms with Crippen LogP contribution < -0.4 is 15.4 Å². The standard InChI is InChI=1S/C35H38N3O14P/c1-38-12-11-34-25-17-7-8-20(39)27(25)51-28(34)21(50-23(40)14-18(31(45)46)36-29(43)26(42)16-5-3-2-4-6-16)9-10-35(34,22(38)13-17)52-24(41)15-19(32(47)48)37-30(44)33(49)53/h2-9,18-19,22,26,28,33,39,42,49H,10-15,53H2,1H3,(H,36,43)(H,37,44)(H,45,46)(H,47,48)/t18-,19-,22+,26-,28?,33?,34?,35+/m0/s1. The molecule has 2 heterocycles. The van der Waals surface area contributed by atoms with E-state index < -0.39 is 95.7 Å². The fourth-order valence-corrected chi connectivity index (χ4v) is 8.15. The van der Waals surface area contributed by atoms with E-state index in [1.165, 1.54) is 24.3 Å². The Morgan fingerprint density at radius 3 is 2.25 bits per heavy atom. The van der Waals surface area contributed by atoms with E-state index in [9.17, 15) is 54.3 Å². The van der Waals surface area contributed by atoms with Gasteiger partial charge in [0.2, 0.25) is 0 Å². The molecular weight excluding hydrogens is 717 g/mol. The molecule has 2 amide bonds. The Morgan fingerprint density at radius 2 is 1.60 bits per heavy atom. The molecule has 4 aliphatic rings. The van der Waals surface area contributed by atoms with Gasteiger partial charge in [-0.15, -0.1) is 0 Å². The number of hydrogen-bond donors (Lipinski definition) is 7. The summed E-state index contributed by atoms with van der Waals surface area (Å²) in [6.45, 7) is 0.441. The number of rotatable bonds is 13.